The molecule has 2 aromatic heterocycles. The van der Waals surface area contributed by atoms with Crippen LogP contribution in [0.1, 0.15) is 23.0 Å². The summed E-state index contributed by atoms with van der Waals surface area (Å²) in [6.45, 7) is 1.79. The van der Waals surface area contributed by atoms with Crippen molar-refractivity contribution in [1.29, 1.82) is 0 Å². The van der Waals surface area contributed by atoms with Crippen LogP contribution in [-0.4, -0.2) is 30.5 Å². The molecule has 0 aliphatic rings. The van der Waals surface area contributed by atoms with Gasteiger partial charge in [-0.2, -0.15) is 0 Å². The van der Waals surface area contributed by atoms with Crippen molar-refractivity contribution >= 4 is 27.0 Å². The lowest BCUT2D eigenvalue weighted by atomic mass is 10.1. The molecular formula is C17H16N2O4S. The van der Waals surface area contributed by atoms with Gasteiger partial charge in [0.25, 0.3) is 10.0 Å². The predicted octanol–water partition coefficient (Wildman–Crippen LogP) is 2.62. The number of carbonyl (C=O) groups excluding carboxylic acids is 1. The minimum absolute atomic E-state index is 0.138. The first kappa shape index (κ1) is 16.2. The van der Waals surface area contributed by atoms with Gasteiger partial charge in [0.2, 0.25) is 0 Å². The summed E-state index contributed by atoms with van der Waals surface area (Å²) < 4.78 is 32.2. The topological polar surface area (TPSA) is 78.3 Å². The zero-order valence-corrected chi connectivity index (χ0v) is 14.1. The number of esters is 1. The molecule has 0 aliphatic carbocycles. The highest BCUT2D eigenvalue weighted by Crippen LogP contribution is 2.30. The quantitative estimate of drug-likeness (QED) is 0.680. The summed E-state index contributed by atoms with van der Waals surface area (Å²) in [4.78, 5) is 16.6. The highest BCUT2D eigenvalue weighted by Gasteiger charge is 2.29. The van der Waals surface area contributed by atoms with Gasteiger partial charge in [0.15, 0.2) is 5.65 Å². The molecule has 0 atom stereocenters. The Morgan fingerprint density at radius 1 is 1.17 bits per heavy atom. The van der Waals surface area contributed by atoms with E-state index in [2.05, 4.69) is 4.98 Å². The van der Waals surface area contributed by atoms with E-state index in [1.807, 2.05) is 0 Å². The zero-order chi connectivity index (χ0) is 17.3. The van der Waals surface area contributed by atoms with Crippen LogP contribution in [0.25, 0.3) is 11.0 Å². The van der Waals surface area contributed by atoms with Crippen molar-refractivity contribution in [3.8, 4) is 0 Å². The summed E-state index contributed by atoms with van der Waals surface area (Å²) in [5.74, 6) is -0.577. The van der Waals surface area contributed by atoms with Crippen LogP contribution in [0.2, 0.25) is 0 Å². The SMILES string of the molecule is CCc1c(C(=O)OC)c2cccnc2n1S(=O)(=O)c1ccccc1. The maximum absolute atomic E-state index is 13.1. The van der Waals surface area contributed by atoms with E-state index < -0.39 is 16.0 Å². The summed E-state index contributed by atoms with van der Waals surface area (Å²) in [6, 6.07) is 11.4. The second-order valence-corrected chi connectivity index (χ2v) is 6.91. The molecule has 3 aromatic rings. The van der Waals surface area contributed by atoms with Crippen LogP contribution in [0.4, 0.5) is 0 Å². The van der Waals surface area contributed by atoms with Gasteiger partial charge in [0.1, 0.15) is 0 Å². The van der Waals surface area contributed by atoms with E-state index in [0.717, 1.165) is 3.97 Å². The van der Waals surface area contributed by atoms with Crippen molar-refractivity contribution < 1.29 is 17.9 Å². The van der Waals surface area contributed by atoms with Crippen molar-refractivity contribution in [2.75, 3.05) is 7.11 Å². The summed E-state index contributed by atoms with van der Waals surface area (Å²) >= 11 is 0. The number of fused-ring (bicyclic) bond motifs is 1. The Balaban J connectivity index is 2.43. The number of nitrogens with zero attached hydrogens (tertiary/aromatic N) is 2. The minimum atomic E-state index is -3.88. The maximum Gasteiger partial charge on any atom is 0.340 e. The van der Waals surface area contributed by atoms with E-state index in [4.69, 9.17) is 4.74 Å². The third kappa shape index (κ3) is 2.37. The summed E-state index contributed by atoms with van der Waals surface area (Å²) in [7, 11) is -2.61. The first-order valence-electron chi connectivity index (χ1n) is 7.39. The Bertz CT molecular complexity index is 1010. The van der Waals surface area contributed by atoms with Crippen LogP contribution < -0.4 is 0 Å². The van der Waals surface area contributed by atoms with E-state index in [9.17, 15) is 13.2 Å². The highest BCUT2D eigenvalue weighted by atomic mass is 32.2. The molecule has 0 spiro atoms. The monoisotopic (exact) mass is 344 g/mol. The Hall–Kier alpha value is -2.67. The van der Waals surface area contributed by atoms with Crippen molar-refractivity contribution in [2.45, 2.75) is 18.2 Å². The van der Waals surface area contributed by atoms with Crippen molar-refractivity contribution in [3.63, 3.8) is 0 Å². The van der Waals surface area contributed by atoms with Gasteiger partial charge in [-0.15, -0.1) is 0 Å². The first-order chi connectivity index (χ1) is 11.5. The number of aromatic nitrogens is 2. The van der Waals surface area contributed by atoms with E-state index in [0.29, 0.717) is 17.5 Å². The molecule has 1 aromatic carbocycles. The second-order valence-electron chi connectivity index (χ2n) is 5.12. The fourth-order valence-corrected chi connectivity index (χ4v) is 4.34. The molecular weight excluding hydrogens is 328 g/mol. The molecule has 0 aliphatic heterocycles. The third-order valence-corrected chi connectivity index (χ3v) is 5.53. The second kappa shape index (κ2) is 6.09. The number of methoxy groups -OCH3 is 1. The molecule has 0 fully saturated rings. The Morgan fingerprint density at radius 2 is 1.88 bits per heavy atom. The molecule has 0 N–H and O–H groups in total. The van der Waals surface area contributed by atoms with Crippen LogP contribution in [0.15, 0.2) is 53.6 Å². The van der Waals surface area contributed by atoms with Crippen molar-refractivity contribution in [1.82, 2.24) is 8.96 Å². The van der Waals surface area contributed by atoms with Gasteiger partial charge in [-0.1, -0.05) is 25.1 Å². The molecule has 0 radical (unpaired) electrons. The van der Waals surface area contributed by atoms with E-state index >= 15 is 0 Å². The number of pyridine rings is 1. The lowest BCUT2D eigenvalue weighted by molar-refractivity contribution is 0.0601. The lowest BCUT2D eigenvalue weighted by Crippen LogP contribution is -2.17. The average Bonchev–Trinajstić information content (AvgIpc) is 2.96. The molecule has 0 unspecified atom stereocenters. The third-order valence-electron chi connectivity index (χ3n) is 3.79. The molecule has 3 rings (SSSR count). The minimum Gasteiger partial charge on any atom is -0.465 e. The smallest absolute Gasteiger partial charge is 0.340 e. The van der Waals surface area contributed by atoms with Gasteiger partial charge in [-0.05, 0) is 30.7 Å². The number of hydrogen-bond donors (Lipinski definition) is 0. The fourth-order valence-electron chi connectivity index (χ4n) is 2.75. The van der Waals surface area contributed by atoms with Crippen LogP contribution in [0, 0.1) is 0 Å². The normalized spacial score (nSPS) is 11.6. The number of carbonyl (C=O) groups is 1. The maximum atomic E-state index is 13.1. The van der Waals surface area contributed by atoms with Crippen LogP contribution in [0.3, 0.4) is 0 Å². The Kier molecular flexibility index (Phi) is 4.11. The van der Waals surface area contributed by atoms with E-state index in [1.54, 1.807) is 37.3 Å². The number of rotatable bonds is 4. The molecule has 24 heavy (non-hydrogen) atoms. The van der Waals surface area contributed by atoms with Gasteiger partial charge in [-0.25, -0.2) is 22.2 Å². The molecule has 124 valence electrons. The predicted molar refractivity (Wildman–Crippen MR) is 89.5 cm³/mol. The van der Waals surface area contributed by atoms with Crippen molar-refractivity contribution in [3.05, 3.63) is 59.9 Å². The molecule has 7 heteroatoms. The van der Waals surface area contributed by atoms with E-state index in [-0.39, 0.29) is 16.1 Å². The molecule has 0 amide bonds. The summed E-state index contributed by atoms with van der Waals surface area (Å²) in [5.41, 5.74) is 0.820. The Labute approximate surface area is 139 Å². The zero-order valence-electron chi connectivity index (χ0n) is 13.3. The number of hydrogen-bond acceptors (Lipinski definition) is 5. The van der Waals surface area contributed by atoms with Crippen LogP contribution >= 0.6 is 0 Å². The largest absolute Gasteiger partial charge is 0.465 e. The molecule has 0 bridgehead atoms. The first-order valence-corrected chi connectivity index (χ1v) is 8.83. The number of benzene rings is 1. The molecule has 0 saturated heterocycles. The van der Waals surface area contributed by atoms with Crippen molar-refractivity contribution in [2.24, 2.45) is 0 Å². The Morgan fingerprint density at radius 3 is 2.50 bits per heavy atom. The lowest BCUT2D eigenvalue weighted by Gasteiger charge is -2.11. The standard InChI is InChI=1S/C17H16N2O4S/c1-3-14-15(17(20)23-2)13-10-7-11-18-16(13)19(14)24(21,22)12-8-5-4-6-9-12/h4-11H,3H2,1-2H3. The van der Waals surface area contributed by atoms with Gasteiger partial charge in [0.05, 0.1) is 23.3 Å². The van der Waals surface area contributed by atoms with Gasteiger partial charge in [0, 0.05) is 11.6 Å². The fraction of sp³-hybridized carbons (Fsp3) is 0.176. The van der Waals surface area contributed by atoms with Crippen LogP contribution in [-0.2, 0) is 21.2 Å². The average molecular weight is 344 g/mol. The molecule has 6 nitrogen and oxygen atoms in total. The highest BCUT2D eigenvalue weighted by molar-refractivity contribution is 7.90. The van der Waals surface area contributed by atoms with E-state index in [1.165, 1.54) is 25.4 Å². The molecule has 2 heterocycles. The summed E-state index contributed by atoms with van der Waals surface area (Å²) in [5, 5.41) is 0.459. The molecule has 0 saturated carbocycles. The van der Waals surface area contributed by atoms with Gasteiger partial charge in [-0.3, -0.25) is 0 Å². The van der Waals surface area contributed by atoms with Gasteiger partial charge >= 0.3 is 5.97 Å². The number of ether oxygens (including phenoxy) is 1. The summed E-state index contributed by atoms with van der Waals surface area (Å²) in [6.07, 6.45) is 1.84. The van der Waals surface area contributed by atoms with Crippen LogP contribution in [0.5, 0.6) is 0 Å². The van der Waals surface area contributed by atoms with Gasteiger partial charge < -0.3 is 4.74 Å².